The number of cyclic esters (lactones) is 1. The number of rotatable bonds is 13. The molecule has 1 aromatic carbocycles. The van der Waals surface area contributed by atoms with Crippen LogP contribution < -0.4 is 5.32 Å². The van der Waals surface area contributed by atoms with Gasteiger partial charge in [0.05, 0.1) is 36.4 Å². The number of nitrogens with one attached hydrogen (secondary N) is 1. The lowest BCUT2D eigenvalue weighted by Crippen LogP contribution is -2.53. The molecule has 1 fully saturated rings. The Balaban J connectivity index is 1.90. The maximum absolute atomic E-state index is 12.9. The SMILES string of the molecule is CC[C@H](OC)[C@@H](C)[C@H]1O[C@@H]1C(N[C@@H](C)c1ccc(Cl)cc1)C(C)(O)C=CC=C(C)C1OC(=O)C[C@H](O)CC[C@@](C)(O)[C@@H](OC(C)=O)C=C[C@@H]1C. The van der Waals surface area contributed by atoms with Crippen molar-refractivity contribution in [2.24, 2.45) is 11.8 Å². The summed E-state index contributed by atoms with van der Waals surface area (Å²) in [5.41, 5.74) is -1.13. The van der Waals surface area contributed by atoms with E-state index < -0.39 is 53.4 Å². The van der Waals surface area contributed by atoms with Gasteiger partial charge in [-0.25, -0.2) is 0 Å². The van der Waals surface area contributed by atoms with Gasteiger partial charge in [0.15, 0.2) is 0 Å². The van der Waals surface area contributed by atoms with E-state index in [9.17, 15) is 24.9 Å². The highest BCUT2D eigenvalue weighted by Crippen LogP contribution is 2.39. The van der Waals surface area contributed by atoms with Crippen LogP contribution in [0.2, 0.25) is 5.02 Å². The van der Waals surface area contributed by atoms with E-state index in [-0.39, 0.29) is 49.5 Å². The quantitative estimate of drug-likeness (QED) is 0.0857. The number of methoxy groups -OCH3 is 1. The summed E-state index contributed by atoms with van der Waals surface area (Å²) in [4.78, 5) is 24.7. The van der Waals surface area contributed by atoms with Crippen molar-refractivity contribution in [1.29, 1.82) is 0 Å². The van der Waals surface area contributed by atoms with Gasteiger partial charge >= 0.3 is 11.9 Å². The average molecular weight is 720 g/mol. The minimum Gasteiger partial charge on any atom is -0.457 e. The summed E-state index contributed by atoms with van der Waals surface area (Å²) in [5.74, 6) is -1.40. The monoisotopic (exact) mass is 719 g/mol. The van der Waals surface area contributed by atoms with Crippen LogP contribution in [0.5, 0.6) is 0 Å². The van der Waals surface area contributed by atoms with Crippen LogP contribution in [0.25, 0.3) is 0 Å². The van der Waals surface area contributed by atoms with E-state index in [0.29, 0.717) is 10.6 Å². The van der Waals surface area contributed by atoms with Gasteiger partial charge in [-0.2, -0.15) is 0 Å². The first-order valence-corrected chi connectivity index (χ1v) is 18.0. The fraction of sp³-hybridized carbons (Fsp3) is 0.641. The van der Waals surface area contributed by atoms with Crippen LogP contribution in [-0.2, 0) is 28.5 Å². The first-order chi connectivity index (χ1) is 23.4. The molecule has 11 heteroatoms. The third-order valence-corrected chi connectivity index (χ3v) is 10.2. The molecule has 4 N–H and O–H groups in total. The molecule has 0 aliphatic carbocycles. The number of halogens is 1. The van der Waals surface area contributed by atoms with Crippen LogP contribution in [0.1, 0.15) is 92.7 Å². The molecule has 0 radical (unpaired) electrons. The lowest BCUT2D eigenvalue weighted by atomic mass is 9.86. The average Bonchev–Trinajstić information content (AvgIpc) is 3.83. The molecule has 0 saturated carbocycles. The molecular weight excluding hydrogens is 662 g/mol. The number of benzene rings is 1. The molecule has 3 unspecified atom stereocenters. The minimum atomic E-state index is -1.46. The van der Waals surface area contributed by atoms with E-state index in [2.05, 4.69) is 19.2 Å². The number of epoxide rings is 1. The summed E-state index contributed by atoms with van der Waals surface area (Å²) < 4.78 is 23.2. The molecule has 2 aliphatic rings. The lowest BCUT2D eigenvalue weighted by Gasteiger charge is -2.33. The third-order valence-electron chi connectivity index (χ3n) is 9.99. The van der Waals surface area contributed by atoms with E-state index in [4.69, 9.17) is 30.5 Å². The Labute approximate surface area is 302 Å². The highest BCUT2D eigenvalue weighted by molar-refractivity contribution is 6.30. The standard InChI is InChI=1S/C39H58ClNO9/c1-10-31(47-9)25(4)35-36(50-35)37(41-26(5)28-14-16-29(40)17-15-28)39(8,46)20-11-12-23(2)34-24(3)13-18-32(48-27(6)42)38(7,45)21-19-30(43)22-33(44)49-34/h11-18,20,24-26,30-32,34-37,41,43,45-46H,10,19,21-22H2,1-9H3/t24-,25+,26-,30+,31-,32-,34?,35+,36-,37?,38+,39?/m0/s1. The smallest absolute Gasteiger partial charge is 0.309 e. The molecule has 2 heterocycles. The highest BCUT2D eigenvalue weighted by Gasteiger charge is 2.54. The first kappa shape index (κ1) is 41.8. The molecule has 0 bridgehead atoms. The summed E-state index contributed by atoms with van der Waals surface area (Å²) in [5, 5.41) is 37.9. The van der Waals surface area contributed by atoms with E-state index in [1.54, 1.807) is 51.3 Å². The zero-order valence-electron chi connectivity index (χ0n) is 31.0. The number of hydrogen-bond acceptors (Lipinski definition) is 10. The van der Waals surface area contributed by atoms with Crippen LogP contribution in [-0.4, -0.2) is 88.2 Å². The summed E-state index contributed by atoms with van der Waals surface area (Å²) >= 11 is 6.13. The van der Waals surface area contributed by atoms with Gasteiger partial charge in [-0.3, -0.25) is 9.59 Å². The second kappa shape index (κ2) is 18.3. The maximum Gasteiger partial charge on any atom is 0.309 e. The Kier molecular flexibility index (Phi) is 15.3. The summed E-state index contributed by atoms with van der Waals surface area (Å²) in [6, 6.07) is 6.96. The number of esters is 2. The van der Waals surface area contributed by atoms with Crippen molar-refractivity contribution < 1.29 is 43.9 Å². The molecule has 0 spiro atoms. The second-order valence-electron chi connectivity index (χ2n) is 14.5. The van der Waals surface area contributed by atoms with Crippen LogP contribution in [0.15, 0.2) is 60.2 Å². The van der Waals surface area contributed by atoms with Gasteiger partial charge < -0.3 is 39.6 Å². The van der Waals surface area contributed by atoms with Gasteiger partial charge in [0.1, 0.15) is 23.9 Å². The third kappa shape index (κ3) is 11.7. The van der Waals surface area contributed by atoms with Crippen LogP contribution in [0.4, 0.5) is 0 Å². The van der Waals surface area contributed by atoms with Gasteiger partial charge in [-0.05, 0) is 76.3 Å². The van der Waals surface area contributed by atoms with Crippen molar-refractivity contribution in [2.45, 2.75) is 141 Å². The van der Waals surface area contributed by atoms with Crippen molar-refractivity contribution in [3.05, 3.63) is 70.8 Å². The van der Waals surface area contributed by atoms with E-state index >= 15 is 0 Å². The van der Waals surface area contributed by atoms with E-state index in [0.717, 1.165) is 12.0 Å². The number of carbonyl (C=O) groups excluding carboxylic acids is 2. The zero-order chi connectivity index (χ0) is 37.4. The van der Waals surface area contributed by atoms with Crippen molar-refractivity contribution in [2.75, 3.05) is 7.11 Å². The van der Waals surface area contributed by atoms with Gasteiger partial charge in [0, 0.05) is 36.9 Å². The van der Waals surface area contributed by atoms with Crippen LogP contribution >= 0.6 is 11.6 Å². The predicted molar refractivity (Wildman–Crippen MR) is 193 cm³/mol. The summed E-state index contributed by atoms with van der Waals surface area (Å²) in [7, 11) is 1.70. The largest absolute Gasteiger partial charge is 0.457 e. The molecule has 12 atom stereocenters. The Hall–Kier alpha value is -2.57. The second-order valence-corrected chi connectivity index (χ2v) is 14.9. The minimum absolute atomic E-state index is 0.0200. The molecule has 1 aromatic rings. The molecule has 0 amide bonds. The van der Waals surface area contributed by atoms with Crippen LogP contribution in [0, 0.1) is 11.8 Å². The fourth-order valence-electron chi connectivity index (χ4n) is 6.73. The summed E-state index contributed by atoms with van der Waals surface area (Å²) in [6.45, 7) is 14.4. The van der Waals surface area contributed by atoms with Gasteiger partial charge in [-0.1, -0.05) is 68.8 Å². The number of aliphatic hydroxyl groups excluding tert-OH is 1. The normalized spacial score (nSPS) is 31.8. The molecule has 0 aromatic heterocycles. The predicted octanol–water partition coefficient (Wildman–Crippen LogP) is 5.77. The molecule has 3 rings (SSSR count). The maximum atomic E-state index is 12.9. The Morgan fingerprint density at radius 3 is 2.46 bits per heavy atom. The van der Waals surface area contributed by atoms with E-state index in [1.807, 2.05) is 45.0 Å². The van der Waals surface area contributed by atoms with Crippen molar-refractivity contribution in [1.82, 2.24) is 5.32 Å². The number of ether oxygens (including phenoxy) is 4. The van der Waals surface area contributed by atoms with Gasteiger partial charge in [0.2, 0.25) is 0 Å². The highest BCUT2D eigenvalue weighted by atomic mass is 35.5. The number of hydrogen-bond donors (Lipinski definition) is 4. The zero-order valence-corrected chi connectivity index (χ0v) is 31.7. The summed E-state index contributed by atoms with van der Waals surface area (Å²) in [6.07, 6.45) is 6.28. The van der Waals surface area contributed by atoms with Crippen molar-refractivity contribution >= 4 is 23.5 Å². The molecular formula is C39H58ClNO9. The molecule has 2 aliphatic heterocycles. The molecule has 1 saturated heterocycles. The Morgan fingerprint density at radius 2 is 1.86 bits per heavy atom. The topological polar surface area (TPSA) is 147 Å². The first-order valence-electron chi connectivity index (χ1n) is 17.6. The number of aliphatic hydroxyl groups is 3. The van der Waals surface area contributed by atoms with Crippen molar-refractivity contribution in [3.8, 4) is 0 Å². The van der Waals surface area contributed by atoms with Gasteiger partial charge in [0.25, 0.3) is 0 Å². The molecule has 280 valence electrons. The fourth-order valence-corrected chi connectivity index (χ4v) is 6.85. The molecule has 10 nitrogen and oxygen atoms in total. The number of carbonyl (C=O) groups is 2. The Bertz CT molecular complexity index is 1350. The molecule has 50 heavy (non-hydrogen) atoms. The van der Waals surface area contributed by atoms with Gasteiger partial charge in [-0.15, -0.1) is 0 Å². The Morgan fingerprint density at radius 1 is 1.20 bits per heavy atom. The van der Waals surface area contributed by atoms with Crippen molar-refractivity contribution in [3.63, 3.8) is 0 Å². The number of allylic oxidation sites excluding steroid dienone is 2. The lowest BCUT2D eigenvalue weighted by molar-refractivity contribution is -0.157. The van der Waals surface area contributed by atoms with Crippen LogP contribution in [0.3, 0.4) is 0 Å². The van der Waals surface area contributed by atoms with E-state index in [1.165, 1.54) is 6.92 Å².